The Morgan fingerprint density at radius 2 is 1.94 bits per heavy atom. The van der Waals surface area contributed by atoms with Crippen LogP contribution in [0.15, 0.2) is 12.1 Å². The molecule has 0 unspecified atom stereocenters. The third-order valence-electron chi connectivity index (χ3n) is 2.12. The highest BCUT2D eigenvalue weighted by Gasteiger charge is 2.19. The summed E-state index contributed by atoms with van der Waals surface area (Å²) in [7, 11) is 0. The number of halogens is 2. The Balaban J connectivity index is 3.03. The molecular weight excluding hydrogens is 297 g/mol. The van der Waals surface area contributed by atoms with Gasteiger partial charge in [-0.05, 0) is 18.4 Å². The number of carbonyl (C=O) groups is 2. The molecule has 0 atom stereocenters. The number of rotatable bonds is 5. The number of thioether (sulfide) groups is 1. The van der Waals surface area contributed by atoms with Gasteiger partial charge in [-0.1, -0.05) is 23.2 Å². The Morgan fingerprint density at radius 3 is 2.50 bits per heavy atom. The van der Waals surface area contributed by atoms with Gasteiger partial charge in [0.2, 0.25) is 5.91 Å². The second-order valence-electron chi connectivity index (χ2n) is 3.38. The minimum absolute atomic E-state index is 0.0343. The number of benzene rings is 1. The molecule has 1 amide bonds. The predicted octanol–water partition coefficient (Wildman–Crippen LogP) is 3.38. The second-order valence-corrected chi connectivity index (χ2v) is 5.18. The SMILES string of the molecule is CSCCC(=O)Nc1c(Cl)ccc(Cl)c1C(=O)O. The number of nitrogens with one attached hydrogen (secondary N) is 1. The summed E-state index contributed by atoms with van der Waals surface area (Å²) >= 11 is 13.2. The molecule has 1 aromatic rings. The summed E-state index contributed by atoms with van der Waals surface area (Å²) in [6, 6.07) is 2.82. The highest BCUT2D eigenvalue weighted by Crippen LogP contribution is 2.32. The van der Waals surface area contributed by atoms with Crippen LogP contribution >= 0.6 is 35.0 Å². The molecule has 98 valence electrons. The molecule has 18 heavy (non-hydrogen) atoms. The zero-order chi connectivity index (χ0) is 13.7. The first-order valence-corrected chi connectivity index (χ1v) is 7.12. The van der Waals surface area contributed by atoms with E-state index < -0.39 is 5.97 Å². The topological polar surface area (TPSA) is 66.4 Å². The Morgan fingerprint density at radius 1 is 1.33 bits per heavy atom. The highest BCUT2D eigenvalue weighted by molar-refractivity contribution is 7.98. The van der Waals surface area contributed by atoms with Gasteiger partial charge in [-0.2, -0.15) is 11.8 Å². The Labute approximate surface area is 119 Å². The number of hydrogen-bond donors (Lipinski definition) is 2. The van der Waals surface area contributed by atoms with Crippen molar-refractivity contribution in [2.45, 2.75) is 6.42 Å². The first-order valence-electron chi connectivity index (χ1n) is 4.97. The zero-order valence-electron chi connectivity index (χ0n) is 9.50. The minimum atomic E-state index is -1.23. The standard InChI is InChI=1S/C11H11Cl2NO3S/c1-18-5-4-8(15)14-10-7(13)3-2-6(12)9(10)11(16)17/h2-3H,4-5H2,1H3,(H,14,15)(H,16,17). The van der Waals surface area contributed by atoms with E-state index in [-0.39, 0.29) is 33.6 Å². The number of anilines is 1. The molecule has 0 saturated heterocycles. The lowest BCUT2D eigenvalue weighted by molar-refractivity contribution is -0.115. The van der Waals surface area contributed by atoms with Crippen LogP contribution in [0.1, 0.15) is 16.8 Å². The number of hydrogen-bond acceptors (Lipinski definition) is 3. The molecular formula is C11H11Cl2NO3S. The largest absolute Gasteiger partial charge is 0.478 e. The molecule has 0 aliphatic carbocycles. The number of carbonyl (C=O) groups excluding carboxylic acids is 1. The van der Waals surface area contributed by atoms with E-state index in [2.05, 4.69) is 5.32 Å². The van der Waals surface area contributed by atoms with Crippen molar-refractivity contribution < 1.29 is 14.7 Å². The summed E-state index contributed by atoms with van der Waals surface area (Å²) < 4.78 is 0. The van der Waals surface area contributed by atoms with Crippen LogP contribution in [0.5, 0.6) is 0 Å². The van der Waals surface area contributed by atoms with Gasteiger partial charge in [-0.3, -0.25) is 4.79 Å². The molecule has 0 aliphatic rings. The van der Waals surface area contributed by atoms with Crippen LogP contribution < -0.4 is 5.32 Å². The lowest BCUT2D eigenvalue weighted by Gasteiger charge is -2.11. The molecule has 7 heteroatoms. The van der Waals surface area contributed by atoms with Crippen LogP contribution in [0.2, 0.25) is 10.0 Å². The van der Waals surface area contributed by atoms with Crippen LogP contribution in [0.25, 0.3) is 0 Å². The molecule has 0 heterocycles. The quantitative estimate of drug-likeness (QED) is 0.875. The second kappa shape index (κ2) is 6.87. The van der Waals surface area contributed by atoms with Gasteiger partial charge in [0.25, 0.3) is 0 Å². The van der Waals surface area contributed by atoms with Crippen molar-refractivity contribution >= 4 is 52.5 Å². The molecule has 0 radical (unpaired) electrons. The van der Waals surface area contributed by atoms with Crippen molar-refractivity contribution in [1.82, 2.24) is 0 Å². The minimum Gasteiger partial charge on any atom is -0.478 e. The molecule has 4 nitrogen and oxygen atoms in total. The average Bonchev–Trinajstić information content (AvgIpc) is 2.30. The fraction of sp³-hybridized carbons (Fsp3) is 0.273. The molecule has 0 aliphatic heterocycles. The predicted molar refractivity (Wildman–Crippen MR) is 75.1 cm³/mol. The van der Waals surface area contributed by atoms with Gasteiger partial charge in [0.1, 0.15) is 5.56 Å². The summed E-state index contributed by atoms with van der Waals surface area (Å²) in [5, 5.41) is 11.7. The van der Waals surface area contributed by atoms with Crippen LogP contribution in [-0.4, -0.2) is 29.0 Å². The van der Waals surface area contributed by atoms with E-state index in [0.29, 0.717) is 5.75 Å². The maximum absolute atomic E-state index is 11.6. The number of aromatic carboxylic acids is 1. The Hall–Kier alpha value is -0.910. The number of carboxylic acids is 1. The van der Waals surface area contributed by atoms with E-state index in [0.717, 1.165) is 0 Å². The lowest BCUT2D eigenvalue weighted by atomic mass is 10.1. The van der Waals surface area contributed by atoms with E-state index in [4.69, 9.17) is 28.3 Å². The van der Waals surface area contributed by atoms with Gasteiger partial charge in [0.05, 0.1) is 15.7 Å². The number of carboxylic acid groups (broad SMARTS) is 1. The summed E-state index contributed by atoms with van der Waals surface area (Å²) in [6.45, 7) is 0. The maximum atomic E-state index is 11.6. The molecule has 1 rings (SSSR count). The summed E-state index contributed by atoms with van der Waals surface area (Å²) in [5.74, 6) is -0.884. The molecule has 0 fully saturated rings. The monoisotopic (exact) mass is 307 g/mol. The first kappa shape index (κ1) is 15.1. The Bertz CT molecular complexity index is 480. The smallest absolute Gasteiger partial charge is 0.339 e. The van der Waals surface area contributed by atoms with Crippen molar-refractivity contribution in [3.8, 4) is 0 Å². The van der Waals surface area contributed by atoms with Gasteiger partial charge >= 0.3 is 5.97 Å². The van der Waals surface area contributed by atoms with Crippen molar-refractivity contribution in [1.29, 1.82) is 0 Å². The van der Waals surface area contributed by atoms with Crippen LogP contribution in [-0.2, 0) is 4.79 Å². The van der Waals surface area contributed by atoms with Crippen molar-refractivity contribution in [2.75, 3.05) is 17.3 Å². The third-order valence-corrected chi connectivity index (χ3v) is 3.36. The molecule has 1 aromatic carbocycles. The fourth-order valence-electron chi connectivity index (χ4n) is 1.28. The summed E-state index contributed by atoms with van der Waals surface area (Å²) in [4.78, 5) is 22.7. The normalized spacial score (nSPS) is 10.2. The van der Waals surface area contributed by atoms with Crippen LogP contribution in [0.4, 0.5) is 5.69 Å². The zero-order valence-corrected chi connectivity index (χ0v) is 11.8. The fourth-order valence-corrected chi connectivity index (χ4v) is 2.11. The van der Waals surface area contributed by atoms with Gasteiger partial charge in [0.15, 0.2) is 0 Å². The Kier molecular flexibility index (Phi) is 5.78. The van der Waals surface area contributed by atoms with Crippen molar-refractivity contribution in [3.63, 3.8) is 0 Å². The van der Waals surface area contributed by atoms with E-state index in [9.17, 15) is 9.59 Å². The summed E-state index contributed by atoms with van der Waals surface area (Å²) in [6.07, 6.45) is 2.16. The average molecular weight is 308 g/mol. The van der Waals surface area contributed by atoms with E-state index in [1.54, 1.807) is 0 Å². The van der Waals surface area contributed by atoms with Crippen LogP contribution in [0.3, 0.4) is 0 Å². The van der Waals surface area contributed by atoms with Gasteiger partial charge in [0, 0.05) is 12.2 Å². The van der Waals surface area contributed by atoms with Gasteiger partial charge in [-0.25, -0.2) is 4.79 Å². The third kappa shape index (κ3) is 3.80. The van der Waals surface area contributed by atoms with E-state index in [1.807, 2.05) is 6.26 Å². The van der Waals surface area contributed by atoms with E-state index >= 15 is 0 Å². The highest BCUT2D eigenvalue weighted by atomic mass is 35.5. The van der Waals surface area contributed by atoms with Gasteiger partial charge < -0.3 is 10.4 Å². The van der Waals surface area contributed by atoms with Crippen molar-refractivity contribution in [3.05, 3.63) is 27.7 Å². The molecule has 2 N–H and O–H groups in total. The molecule has 0 saturated carbocycles. The first-order chi connectivity index (χ1) is 8.47. The molecule has 0 aromatic heterocycles. The van der Waals surface area contributed by atoms with E-state index in [1.165, 1.54) is 23.9 Å². The maximum Gasteiger partial charge on any atom is 0.339 e. The van der Waals surface area contributed by atoms with Crippen LogP contribution in [0, 0.1) is 0 Å². The summed E-state index contributed by atoms with van der Waals surface area (Å²) in [5.41, 5.74) is -0.149. The molecule has 0 spiro atoms. The lowest BCUT2D eigenvalue weighted by Crippen LogP contribution is -2.15. The number of amides is 1. The molecule has 0 bridgehead atoms. The van der Waals surface area contributed by atoms with Crippen molar-refractivity contribution in [2.24, 2.45) is 0 Å². The van der Waals surface area contributed by atoms with Gasteiger partial charge in [-0.15, -0.1) is 0 Å².